The van der Waals surface area contributed by atoms with Crippen molar-refractivity contribution in [2.45, 2.75) is 19.4 Å². The van der Waals surface area contributed by atoms with E-state index in [1.165, 1.54) is 0 Å². The number of pyridine rings is 1. The number of amides is 1. The van der Waals surface area contributed by atoms with Crippen molar-refractivity contribution in [1.29, 1.82) is 0 Å². The first-order valence-electron chi connectivity index (χ1n) is 7.53. The average Bonchev–Trinajstić information content (AvgIpc) is 3.08. The van der Waals surface area contributed by atoms with Gasteiger partial charge < -0.3 is 5.32 Å². The summed E-state index contributed by atoms with van der Waals surface area (Å²) in [6.07, 6.45) is 6.21. The highest BCUT2D eigenvalue weighted by Gasteiger charge is 2.06. The molecule has 0 radical (unpaired) electrons. The van der Waals surface area contributed by atoms with Crippen molar-refractivity contribution >= 4 is 17.5 Å². The molecule has 2 aromatic heterocycles. The van der Waals surface area contributed by atoms with Gasteiger partial charge in [-0.05, 0) is 36.2 Å². The van der Waals surface area contributed by atoms with E-state index >= 15 is 0 Å². The predicted octanol–water partition coefficient (Wildman–Crippen LogP) is 2.56. The fourth-order valence-electron chi connectivity index (χ4n) is 2.23. The van der Waals surface area contributed by atoms with Crippen molar-refractivity contribution in [2.75, 3.05) is 0 Å². The maximum absolute atomic E-state index is 11.9. The SMILES string of the molecule is O=C(CCc1cccc(Cl)c1)NCc1cn(-c2ccncc2)nn1. The lowest BCUT2D eigenvalue weighted by molar-refractivity contribution is -0.121. The first kappa shape index (κ1) is 16.1. The summed E-state index contributed by atoms with van der Waals surface area (Å²) in [4.78, 5) is 15.9. The van der Waals surface area contributed by atoms with E-state index in [9.17, 15) is 4.79 Å². The normalized spacial score (nSPS) is 10.5. The van der Waals surface area contributed by atoms with Crippen LogP contribution in [0.3, 0.4) is 0 Å². The van der Waals surface area contributed by atoms with Gasteiger partial charge in [0, 0.05) is 23.8 Å². The van der Waals surface area contributed by atoms with E-state index in [1.54, 1.807) is 23.3 Å². The summed E-state index contributed by atoms with van der Waals surface area (Å²) in [6, 6.07) is 11.2. The number of hydrogen-bond acceptors (Lipinski definition) is 4. The Balaban J connectivity index is 1.49. The molecule has 6 nitrogen and oxygen atoms in total. The summed E-state index contributed by atoms with van der Waals surface area (Å²) in [5.41, 5.74) is 2.61. The van der Waals surface area contributed by atoms with Crippen LogP contribution in [0.15, 0.2) is 55.0 Å². The van der Waals surface area contributed by atoms with E-state index < -0.39 is 0 Å². The van der Waals surface area contributed by atoms with E-state index in [2.05, 4.69) is 20.6 Å². The minimum atomic E-state index is -0.0339. The third-order valence-electron chi connectivity index (χ3n) is 3.46. The summed E-state index contributed by atoms with van der Waals surface area (Å²) < 4.78 is 1.65. The Labute approximate surface area is 144 Å². The molecule has 0 fully saturated rings. The number of hydrogen-bond donors (Lipinski definition) is 1. The molecule has 24 heavy (non-hydrogen) atoms. The van der Waals surface area contributed by atoms with Crippen LogP contribution in [0.5, 0.6) is 0 Å². The van der Waals surface area contributed by atoms with Crippen LogP contribution in [-0.2, 0) is 17.8 Å². The van der Waals surface area contributed by atoms with Crippen LogP contribution < -0.4 is 5.32 Å². The monoisotopic (exact) mass is 341 g/mol. The molecule has 1 amide bonds. The Kier molecular flexibility index (Phi) is 5.18. The number of nitrogens with zero attached hydrogens (tertiary/aromatic N) is 4. The summed E-state index contributed by atoms with van der Waals surface area (Å²) >= 11 is 5.93. The van der Waals surface area contributed by atoms with Gasteiger partial charge in [0.25, 0.3) is 0 Å². The van der Waals surface area contributed by atoms with Gasteiger partial charge in [-0.3, -0.25) is 9.78 Å². The Bertz CT molecular complexity index is 819. The van der Waals surface area contributed by atoms with Crippen molar-refractivity contribution < 1.29 is 4.79 Å². The van der Waals surface area contributed by atoms with Gasteiger partial charge in [-0.15, -0.1) is 5.10 Å². The highest BCUT2D eigenvalue weighted by molar-refractivity contribution is 6.30. The minimum absolute atomic E-state index is 0.0339. The molecule has 0 aliphatic rings. The summed E-state index contributed by atoms with van der Waals surface area (Å²) in [6.45, 7) is 0.347. The van der Waals surface area contributed by atoms with Gasteiger partial charge in [0.2, 0.25) is 5.91 Å². The fraction of sp³-hybridized carbons (Fsp3) is 0.176. The molecule has 0 saturated carbocycles. The summed E-state index contributed by atoms with van der Waals surface area (Å²) in [5, 5.41) is 11.6. The lowest BCUT2D eigenvalue weighted by Crippen LogP contribution is -2.23. The topological polar surface area (TPSA) is 72.7 Å². The molecule has 1 aromatic carbocycles. The van der Waals surface area contributed by atoms with Gasteiger partial charge in [0.05, 0.1) is 18.4 Å². The largest absolute Gasteiger partial charge is 0.350 e. The first-order valence-corrected chi connectivity index (χ1v) is 7.91. The van der Waals surface area contributed by atoms with Crippen LogP contribution in [0.1, 0.15) is 17.7 Å². The zero-order valence-corrected chi connectivity index (χ0v) is 13.6. The van der Waals surface area contributed by atoms with E-state index in [-0.39, 0.29) is 5.91 Å². The van der Waals surface area contributed by atoms with Gasteiger partial charge in [-0.1, -0.05) is 28.9 Å². The number of aryl methyl sites for hydroxylation is 1. The van der Waals surface area contributed by atoms with E-state index in [1.807, 2.05) is 36.4 Å². The number of carbonyl (C=O) groups is 1. The number of halogens is 1. The van der Waals surface area contributed by atoms with Crippen LogP contribution in [0, 0.1) is 0 Å². The second kappa shape index (κ2) is 7.70. The molecular formula is C17H16ClN5O. The van der Waals surface area contributed by atoms with Crippen molar-refractivity contribution in [3.05, 3.63) is 71.3 Å². The van der Waals surface area contributed by atoms with Crippen LogP contribution in [-0.4, -0.2) is 25.9 Å². The highest BCUT2D eigenvalue weighted by Crippen LogP contribution is 2.12. The van der Waals surface area contributed by atoms with E-state index in [0.717, 1.165) is 11.3 Å². The third kappa shape index (κ3) is 4.39. The van der Waals surface area contributed by atoms with E-state index in [4.69, 9.17) is 11.6 Å². The summed E-state index contributed by atoms with van der Waals surface area (Å²) in [5.74, 6) is -0.0339. The highest BCUT2D eigenvalue weighted by atomic mass is 35.5. The zero-order chi connectivity index (χ0) is 16.8. The van der Waals surface area contributed by atoms with Gasteiger partial charge in [-0.25, -0.2) is 4.68 Å². The van der Waals surface area contributed by atoms with Crippen LogP contribution in [0.4, 0.5) is 0 Å². The molecule has 0 unspecified atom stereocenters. The Morgan fingerprint density at radius 2 is 2.04 bits per heavy atom. The molecule has 0 bridgehead atoms. The lowest BCUT2D eigenvalue weighted by Gasteiger charge is -2.04. The maximum Gasteiger partial charge on any atom is 0.220 e. The van der Waals surface area contributed by atoms with E-state index in [0.29, 0.717) is 30.1 Å². The van der Waals surface area contributed by atoms with Crippen LogP contribution in [0.25, 0.3) is 5.69 Å². The third-order valence-corrected chi connectivity index (χ3v) is 3.70. The Morgan fingerprint density at radius 1 is 1.21 bits per heavy atom. The molecule has 0 atom stereocenters. The standard InChI is InChI=1S/C17H16ClN5O/c18-14-3-1-2-13(10-14)4-5-17(24)20-11-15-12-23(22-21-15)16-6-8-19-9-7-16/h1-3,6-10,12H,4-5,11H2,(H,20,24). The predicted molar refractivity (Wildman–Crippen MR) is 90.8 cm³/mol. The molecule has 0 saturated heterocycles. The van der Waals surface area contributed by atoms with Crippen molar-refractivity contribution in [3.63, 3.8) is 0 Å². The average molecular weight is 342 g/mol. The lowest BCUT2D eigenvalue weighted by atomic mass is 10.1. The molecule has 0 aliphatic carbocycles. The molecule has 3 rings (SSSR count). The second-order valence-electron chi connectivity index (χ2n) is 5.27. The number of rotatable bonds is 6. The van der Waals surface area contributed by atoms with Crippen molar-refractivity contribution in [1.82, 2.24) is 25.3 Å². The molecule has 0 aliphatic heterocycles. The maximum atomic E-state index is 11.9. The number of benzene rings is 1. The zero-order valence-electron chi connectivity index (χ0n) is 12.9. The number of aromatic nitrogens is 4. The van der Waals surface area contributed by atoms with Crippen molar-refractivity contribution in [2.24, 2.45) is 0 Å². The first-order chi connectivity index (χ1) is 11.7. The van der Waals surface area contributed by atoms with Gasteiger partial charge >= 0.3 is 0 Å². The fourth-order valence-corrected chi connectivity index (χ4v) is 2.44. The van der Waals surface area contributed by atoms with Gasteiger partial charge in [-0.2, -0.15) is 0 Å². The smallest absolute Gasteiger partial charge is 0.220 e. The minimum Gasteiger partial charge on any atom is -0.350 e. The molecule has 122 valence electrons. The number of nitrogens with one attached hydrogen (secondary N) is 1. The molecule has 2 heterocycles. The second-order valence-corrected chi connectivity index (χ2v) is 5.70. The van der Waals surface area contributed by atoms with Crippen molar-refractivity contribution in [3.8, 4) is 5.69 Å². The molecule has 3 aromatic rings. The molecular weight excluding hydrogens is 326 g/mol. The Morgan fingerprint density at radius 3 is 2.83 bits per heavy atom. The molecule has 7 heteroatoms. The van der Waals surface area contributed by atoms with Gasteiger partial charge in [0.15, 0.2) is 0 Å². The van der Waals surface area contributed by atoms with Gasteiger partial charge in [0.1, 0.15) is 5.69 Å². The quantitative estimate of drug-likeness (QED) is 0.748. The van der Waals surface area contributed by atoms with Crippen LogP contribution in [0.2, 0.25) is 5.02 Å². The Hall–Kier alpha value is -2.73. The molecule has 0 spiro atoms. The van der Waals surface area contributed by atoms with Crippen LogP contribution >= 0.6 is 11.6 Å². The molecule has 1 N–H and O–H groups in total. The summed E-state index contributed by atoms with van der Waals surface area (Å²) in [7, 11) is 0. The number of carbonyl (C=O) groups excluding carboxylic acids is 1.